The number of aromatic amines is 1. The number of H-pyrrole nitrogens is 1. The Morgan fingerprint density at radius 2 is 1.97 bits per heavy atom. The first-order valence-electron chi connectivity index (χ1n) is 9.85. The lowest BCUT2D eigenvalue weighted by Crippen LogP contribution is -2.44. The largest absolute Gasteiger partial charge is 0.461 e. The minimum atomic E-state index is -0.661. The van der Waals surface area contributed by atoms with Crippen molar-refractivity contribution in [2.45, 2.75) is 39.2 Å². The second kappa shape index (κ2) is 9.87. The van der Waals surface area contributed by atoms with Gasteiger partial charge in [-0.1, -0.05) is 26.0 Å². The molecular formula is C22H25FN4O3. The van der Waals surface area contributed by atoms with Crippen molar-refractivity contribution in [2.75, 3.05) is 5.32 Å². The third-order valence-corrected chi connectivity index (χ3v) is 4.52. The first kappa shape index (κ1) is 21.3. The Morgan fingerprint density at radius 1 is 1.17 bits per heavy atom. The van der Waals surface area contributed by atoms with Crippen molar-refractivity contribution in [1.29, 1.82) is 0 Å². The number of nitrogens with one attached hydrogen (secondary N) is 3. The fraction of sp³-hybridized carbons (Fsp3) is 0.318. The summed E-state index contributed by atoms with van der Waals surface area (Å²) < 4.78 is 19.6. The summed E-state index contributed by atoms with van der Waals surface area (Å²) in [6.45, 7) is 3.96. The van der Waals surface area contributed by atoms with E-state index in [0.717, 1.165) is 0 Å². The average molecular weight is 412 g/mol. The monoisotopic (exact) mass is 412 g/mol. The number of benzene rings is 1. The van der Waals surface area contributed by atoms with Gasteiger partial charge in [-0.3, -0.25) is 14.7 Å². The van der Waals surface area contributed by atoms with Crippen LogP contribution in [-0.4, -0.2) is 28.1 Å². The number of furan rings is 1. The van der Waals surface area contributed by atoms with Gasteiger partial charge in [-0.15, -0.1) is 0 Å². The van der Waals surface area contributed by atoms with Crippen LogP contribution in [0.15, 0.2) is 53.1 Å². The Labute approximate surface area is 174 Å². The van der Waals surface area contributed by atoms with E-state index < -0.39 is 6.04 Å². The van der Waals surface area contributed by atoms with Gasteiger partial charge in [0.05, 0.1) is 11.8 Å². The van der Waals surface area contributed by atoms with Gasteiger partial charge in [0.2, 0.25) is 11.8 Å². The molecule has 0 spiro atoms. The van der Waals surface area contributed by atoms with E-state index in [2.05, 4.69) is 20.8 Å². The van der Waals surface area contributed by atoms with Crippen molar-refractivity contribution < 1.29 is 18.4 Å². The summed E-state index contributed by atoms with van der Waals surface area (Å²) >= 11 is 0. The average Bonchev–Trinajstić information content (AvgIpc) is 3.38. The third-order valence-electron chi connectivity index (χ3n) is 4.52. The fourth-order valence-corrected chi connectivity index (χ4v) is 3.07. The van der Waals surface area contributed by atoms with Gasteiger partial charge in [0.1, 0.15) is 29.2 Å². The van der Waals surface area contributed by atoms with Crippen LogP contribution in [0.4, 0.5) is 10.2 Å². The van der Waals surface area contributed by atoms with Crippen molar-refractivity contribution in [1.82, 2.24) is 15.5 Å². The van der Waals surface area contributed by atoms with Gasteiger partial charge in [-0.05, 0) is 36.6 Å². The lowest BCUT2D eigenvalue weighted by atomic mass is 10.0. The molecule has 8 heteroatoms. The molecule has 1 unspecified atom stereocenters. The first-order chi connectivity index (χ1) is 14.4. The van der Waals surface area contributed by atoms with Gasteiger partial charge in [0.15, 0.2) is 0 Å². The summed E-state index contributed by atoms with van der Waals surface area (Å²) in [5.74, 6) is 0.752. The van der Waals surface area contributed by atoms with Gasteiger partial charge in [0.25, 0.3) is 0 Å². The normalized spacial score (nSPS) is 12.0. The molecule has 0 saturated carbocycles. The molecule has 0 aliphatic heterocycles. The van der Waals surface area contributed by atoms with Crippen LogP contribution in [0, 0.1) is 11.7 Å². The van der Waals surface area contributed by atoms with Crippen molar-refractivity contribution in [2.24, 2.45) is 5.92 Å². The molecule has 0 aliphatic carbocycles. The molecule has 1 aromatic carbocycles. The van der Waals surface area contributed by atoms with Crippen LogP contribution in [0.1, 0.15) is 32.4 Å². The molecular weight excluding hydrogens is 387 g/mol. The van der Waals surface area contributed by atoms with E-state index in [9.17, 15) is 14.0 Å². The van der Waals surface area contributed by atoms with Crippen LogP contribution < -0.4 is 10.6 Å². The number of hydrogen-bond acceptors (Lipinski definition) is 4. The van der Waals surface area contributed by atoms with Crippen LogP contribution >= 0.6 is 0 Å². The van der Waals surface area contributed by atoms with E-state index in [1.165, 1.54) is 12.3 Å². The summed E-state index contributed by atoms with van der Waals surface area (Å²) in [5.41, 5.74) is 0.376. The number of rotatable bonds is 9. The highest BCUT2D eigenvalue weighted by Gasteiger charge is 2.22. The van der Waals surface area contributed by atoms with Gasteiger partial charge >= 0.3 is 0 Å². The molecule has 2 heterocycles. The fourth-order valence-electron chi connectivity index (χ4n) is 3.07. The second-order valence-corrected chi connectivity index (χ2v) is 7.46. The van der Waals surface area contributed by atoms with Crippen LogP contribution in [0.5, 0.6) is 0 Å². The van der Waals surface area contributed by atoms with E-state index in [-0.39, 0.29) is 30.0 Å². The molecule has 0 radical (unpaired) electrons. The molecule has 7 nitrogen and oxygen atoms in total. The Morgan fingerprint density at radius 3 is 2.67 bits per heavy atom. The molecule has 0 bridgehead atoms. The zero-order chi connectivity index (χ0) is 21.5. The van der Waals surface area contributed by atoms with Crippen LogP contribution in [0.3, 0.4) is 0 Å². The number of aromatic nitrogens is 2. The van der Waals surface area contributed by atoms with Crippen molar-refractivity contribution >= 4 is 17.6 Å². The smallest absolute Gasteiger partial charge is 0.248 e. The molecule has 0 saturated heterocycles. The highest BCUT2D eigenvalue weighted by atomic mass is 19.1. The number of hydrogen-bond donors (Lipinski definition) is 3. The predicted molar refractivity (Wildman–Crippen MR) is 111 cm³/mol. The van der Waals surface area contributed by atoms with Crippen molar-refractivity contribution in [3.8, 4) is 11.3 Å². The van der Waals surface area contributed by atoms with E-state index in [4.69, 9.17) is 4.42 Å². The summed E-state index contributed by atoms with van der Waals surface area (Å²) in [6, 6.07) is 10.7. The molecule has 2 aromatic heterocycles. The Bertz CT molecular complexity index is 982. The maximum atomic E-state index is 13.9. The van der Waals surface area contributed by atoms with Gasteiger partial charge in [-0.2, -0.15) is 5.10 Å². The van der Waals surface area contributed by atoms with Crippen molar-refractivity contribution in [3.05, 3.63) is 60.2 Å². The lowest BCUT2D eigenvalue weighted by Gasteiger charge is -2.19. The number of carbonyl (C=O) groups is 2. The molecule has 0 aliphatic rings. The molecule has 2 amide bonds. The Balaban J connectivity index is 1.56. The minimum Gasteiger partial charge on any atom is -0.461 e. The van der Waals surface area contributed by atoms with Crippen molar-refractivity contribution in [3.63, 3.8) is 0 Å². The molecule has 0 fully saturated rings. The number of aryl methyl sites for hydroxylation is 1. The SMILES string of the molecule is CC(C)CC(NC(=O)CCc1ccc(-c2ccccc2F)o1)C(=O)Nc1ccn[nH]1. The number of halogens is 1. The predicted octanol–water partition coefficient (Wildman–Crippen LogP) is 3.91. The van der Waals surface area contributed by atoms with E-state index in [1.54, 1.807) is 36.4 Å². The number of amides is 2. The molecule has 30 heavy (non-hydrogen) atoms. The Kier molecular flexibility index (Phi) is 7.00. The maximum Gasteiger partial charge on any atom is 0.248 e. The highest BCUT2D eigenvalue weighted by Crippen LogP contribution is 2.25. The molecule has 158 valence electrons. The summed E-state index contributed by atoms with van der Waals surface area (Å²) in [7, 11) is 0. The van der Waals surface area contributed by atoms with Crippen LogP contribution in [0.2, 0.25) is 0 Å². The zero-order valence-corrected chi connectivity index (χ0v) is 16.9. The lowest BCUT2D eigenvalue weighted by molar-refractivity contribution is -0.126. The van der Waals surface area contributed by atoms with E-state index in [1.807, 2.05) is 13.8 Å². The molecule has 3 N–H and O–H groups in total. The Hall–Kier alpha value is -3.42. The topological polar surface area (TPSA) is 100 Å². The summed E-state index contributed by atoms with van der Waals surface area (Å²) in [5, 5.41) is 11.9. The number of nitrogens with zero attached hydrogens (tertiary/aromatic N) is 1. The number of carbonyl (C=O) groups excluding carboxylic acids is 2. The summed E-state index contributed by atoms with van der Waals surface area (Å²) in [6.07, 6.45) is 2.53. The van der Waals surface area contributed by atoms with E-state index in [0.29, 0.717) is 35.7 Å². The van der Waals surface area contributed by atoms with Crippen LogP contribution in [-0.2, 0) is 16.0 Å². The molecule has 3 rings (SSSR count). The zero-order valence-electron chi connectivity index (χ0n) is 16.9. The third kappa shape index (κ3) is 5.79. The van der Waals surface area contributed by atoms with Gasteiger partial charge in [-0.25, -0.2) is 4.39 Å². The van der Waals surface area contributed by atoms with E-state index >= 15 is 0 Å². The molecule has 1 atom stereocenters. The minimum absolute atomic E-state index is 0.149. The quantitative estimate of drug-likeness (QED) is 0.496. The highest BCUT2D eigenvalue weighted by molar-refractivity contribution is 5.96. The maximum absolute atomic E-state index is 13.9. The summed E-state index contributed by atoms with van der Waals surface area (Å²) in [4.78, 5) is 25.0. The number of anilines is 1. The van der Waals surface area contributed by atoms with Gasteiger partial charge < -0.3 is 15.1 Å². The van der Waals surface area contributed by atoms with Gasteiger partial charge in [0, 0.05) is 18.9 Å². The molecule has 3 aromatic rings. The standard InChI is InChI=1S/C22H25FN4O3/c1-14(2)13-18(22(29)26-20-11-12-24-27-20)25-21(28)10-8-15-7-9-19(30-15)16-5-3-4-6-17(16)23/h3-7,9,11-12,14,18H,8,10,13H2,1-2H3,(H,25,28)(H2,24,26,27,29). The first-order valence-corrected chi connectivity index (χ1v) is 9.85. The second-order valence-electron chi connectivity index (χ2n) is 7.46. The van der Waals surface area contributed by atoms with Crippen LogP contribution in [0.25, 0.3) is 11.3 Å².